The highest BCUT2D eigenvalue weighted by Crippen LogP contribution is 2.20. The summed E-state index contributed by atoms with van der Waals surface area (Å²) in [6, 6.07) is 9.13. The second kappa shape index (κ2) is 8.03. The van der Waals surface area contributed by atoms with Crippen molar-refractivity contribution in [3.63, 3.8) is 0 Å². The summed E-state index contributed by atoms with van der Waals surface area (Å²) in [7, 11) is 0. The van der Waals surface area contributed by atoms with Crippen molar-refractivity contribution in [2.45, 2.75) is 38.6 Å². The molecule has 0 radical (unpaired) electrons. The molecule has 1 unspecified atom stereocenters. The Morgan fingerprint density at radius 1 is 1.32 bits per heavy atom. The van der Waals surface area contributed by atoms with Gasteiger partial charge in [0.25, 0.3) is 0 Å². The first kappa shape index (κ1) is 15.0. The molecule has 0 amide bonds. The lowest BCUT2D eigenvalue weighted by atomic mass is 10.0. The van der Waals surface area contributed by atoms with Crippen LogP contribution in [0.3, 0.4) is 0 Å². The Morgan fingerprint density at radius 3 is 2.79 bits per heavy atom. The molecule has 1 aliphatic heterocycles. The molecule has 1 fully saturated rings. The van der Waals surface area contributed by atoms with E-state index in [9.17, 15) is 0 Å². The van der Waals surface area contributed by atoms with E-state index >= 15 is 0 Å². The van der Waals surface area contributed by atoms with Gasteiger partial charge in [-0.05, 0) is 69.6 Å². The molecular weight excluding hydrogens is 300 g/mol. The minimum atomic E-state index is 0.482. The molecule has 0 saturated carbocycles. The molecule has 2 rings (SSSR count). The summed E-state index contributed by atoms with van der Waals surface area (Å²) in [5, 5.41) is 3.69. The third-order valence-electron chi connectivity index (χ3n) is 3.90. The largest absolute Gasteiger partial charge is 0.310 e. The van der Waals surface area contributed by atoms with E-state index in [0.29, 0.717) is 6.04 Å². The fourth-order valence-electron chi connectivity index (χ4n) is 2.81. The minimum absolute atomic E-state index is 0.482. The summed E-state index contributed by atoms with van der Waals surface area (Å²) in [6.07, 6.45) is 5.18. The van der Waals surface area contributed by atoms with Crippen LogP contribution in [0.5, 0.6) is 0 Å². The first-order valence-electron chi connectivity index (χ1n) is 7.51. The molecule has 3 heteroatoms. The van der Waals surface area contributed by atoms with Crippen molar-refractivity contribution in [3.05, 3.63) is 34.3 Å². The van der Waals surface area contributed by atoms with Crippen LogP contribution in [0, 0.1) is 0 Å². The summed E-state index contributed by atoms with van der Waals surface area (Å²) in [5.41, 5.74) is 1.39. The molecule has 106 valence electrons. The Morgan fingerprint density at radius 2 is 2.11 bits per heavy atom. The number of nitrogens with zero attached hydrogens (tertiary/aromatic N) is 1. The quantitative estimate of drug-likeness (QED) is 0.763. The van der Waals surface area contributed by atoms with Crippen LogP contribution >= 0.6 is 15.9 Å². The Bertz CT molecular complexity index is 375. The second-order valence-electron chi connectivity index (χ2n) is 5.37. The molecule has 0 spiro atoms. The number of likely N-dealkylation sites (tertiary alicyclic amines) is 1. The molecule has 19 heavy (non-hydrogen) atoms. The fraction of sp³-hybridized carbons (Fsp3) is 0.625. The molecule has 0 aromatic heterocycles. The van der Waals surface area contributed by atoms with E-state index in [1.807, 2.05) is 0 Å². The Hall–Kier alpha value is -0.380. The van der Waals surface area contributed by atoms with Crippen molar-refractivity contribution in [2.24, 2.45) is 0 Å². The molecular formula is C16H25BrN2. The first-order valence-corrected chi connectivity index (χ1v) is 8.30. The van der Waals surface area contributed by atoms with Crippen LogP contribution in [0.25, 0.3) is 0 Å². The monoisotopic (exact) mass is 324 g/mol. The van der Waals surface area contributed by atoms with Crippen LogP contribution < -0.4 is 5.32 Å². The molecule has 0 aliphatic carbocycles. The summed E-state index contributed by atoms with van der Waals surface area (Å²) >= 11 is 3.55. The molecule has 1 N–H and O–H groups in total. The van der Waals surface area contributed by atoms with E-state index < -0.39 is 0 Å². The average molecular weight is 325 g/mol. The van der Waals surface area contributed by atoms with E-state index in [-0.39, 0.29) is 0 Å². The zero-order chi connectivity index (χ0) is 13.5. The predicted octanol–water partition coefficient (Wildman–Crippen LogP) is 3.98. The summed E-state index contributed by atoms with van der Waals surface area (Å²) in [5.74, 6) is 0. The molecule has 0 bridgehead atoms. The molecule has 1 atom stereocenters. The van der Waals surface area contributed by atoms with Gasteiger partial charge in [-0.3, -0.25) is 0 Å². The van der Waals surface area contributed by atoms with Gasteiger partial charge in [0.2, 0.25) is 0 Å². The van der Waals surface area contributed by atoms with Gasteiger partial charge in [0, 0.05) is 10.5 Å². The van der Waals surface area contributed by atoms with Gasteiger partial charge in [0.05, 0.1) is 0 Å². The molecule has 2 nitrogen and oxygen atoms in total. The van der Waals surface area contributed by atoms with E-state index in [1.54, 1.807) is 0 Å². The number of rotatable bonds is 7. The van der Waals surface area contributed by atoms with Crippen LogP contribution in [0.4, 0.5) is 0 Å². The van der Waals surface area contributed by atoms with Crippen LogP contribution in [-0.2, 0) is 0 Å². The minimum Gasteiger partial charge on any atom is -0.310 e. The van der Waals surface area contributed by atoms with Crippen LogP contribution in [0.15, 0.2) is 28.7 Å². The number of hydrogen-bond donors (Lipinski definition) is 1. The van der Waals surface area contributed by atoms with Crippen molar-refractivity contribution in [3.8, 4) is 0 Å². The maximum Gasteiger partial charge on any atom is 0.0318 e. The second-order valence-corrected chi connectivity index (χ2v) is 6.29. The first-order chi connectivity index (χ1) is 9.29. The van der Waals surface area contributed by atoms with Crippen molar-refractivity contribution in [1.29, 1.82) is 0 Å². The van der Waals surface area contributed by atoms with E-state index in [1.165, 1.54) is 48.9 Å². The Kier molecular flexibility index (Phi) is 6.35. The third kappa shape index (κ3) is 4.90. The molecule has 1 aliphatic rings. The normalized spacial score (nSPS) is 17.8. The van der Waals surface area contributed by atoms with Gasteiger partial charge in [-0.1, -0.05) is 35.0 Å². The van der Waals surface area contributed by atoms with Gasteiger partial charge in [0.15, 0.2) is 0 Å². The lowest BCUT2D eigenvalue weighted by Crippen LogP contribution is -2.27. The van der Waals surface area contributed by atoms with Gasteiger partial charge in [-0.25, -0.2) is 0 Å². The summed E-state index contributed by atoms with van der Waals surface area (Å²) < 4.78 is 1.17. The van der Waals surface area contributed by atoms with E-state index in [4.69, 9.17) is 0 Å². The molecule has 1 aromatic carbocycles. The predicted molar refractivity (Wildman–Crippen MR) is 85.5 cm³/mol. The highest BCUT2D eigenvalue weighted by Gasteiger charge is 2.11. The van der Waals surface area contributed by atoms with Crippen molar-refractivity contribution in [1.82, 2.24) is 10.2 Å². The van der Waals surface area contributed by atoms with E-state index in [0.717, 1.165) is 13.0 Å². The highest BCUT2D eigenvalue weighted by atomic mass is 79.9. The van der Waals surface area contributed by atoms with Crippen LogP contribution in [-0.4, -0.2) is 31.1 Å². The van der Waals surface area contributed by atoms with Gasteiger partial charge in [0.1, 0.15) is 0 Å². The summed E-state index contributed by atoms with van der Waals surface area (Å²) in [4.78, 5) is 2.59. The molecule has 1 heterocycles. The SMILES string of the molecule is CCC(NCCCN1CCCC1)c1cccc(Br)c1. The average Bonchev–Trinajstić information content (AvgIpc) is 2.92. The lowest BCUT2D eigenvalue weighted by molar-refractivity contribution is 0.327. The van der Waals surface area contributed by atoms with Crippen molar-refractivity contribution >= 4 is 15.9 Å². The Balaban J connectivity index is 1.73. The van der Waals surface area contributed by atoms with Gasteiger partial charge >= 0.3 is 0 Å². The number of hydrogen-bond acceptors (Lipinski definition) is 2. The molecule has 1 saturated heterocycles. The Labute approximate surface area is 125 Å². The lowest BCUT2D eigenvalue weighted by Gasteiger charge is -2.19. The van der Waals surface area contributed by atoms with Crippen molar-refractivity contribution < 1.29 is 0 Å². The van der Waals surface area contributed by atoms with Crippen LogP contribution in [0.2, 0.25) is 0 Å². The topological polar surface area (TPSA) is 15.3 Å². The number of halogens is 1. The highest BCUT2D eigenvalue weighted by molar-refractivity contribution is 9.10. The fourth-order valence-corrected chi connectivity index (χ4v) is 3.22. The maximum atomic E-state index is 3.69. The smallest absolute Gasteiger partial charge is 0.0318 e. The zero-order valence-electron chi connectivity index (χ0n) is 11.9. The van der Waals surface area contributed by atoms with Gasteiger partial charge < -0.3 is 10.2 Å². The number of nitrogens with one attached hydrogen (secondary N) is 1. The molecule has 1 aromatic rings. The standard InChI is InChI=1S/C16H25BrN2/c1-2-16(14-7-5-8-15(17)13-14)18-9-6-12-19-10-3-4-11-19/h5,7-8,13,16,18H,2-4,6,9-12H2,1H3. The van der Waals surface area contributed by atoms with Gasteiger partial charge in [-0.2, -0.15) is 0 Å². The van der Waals surface area contributed by atoms with E-state index in [2.05, 4.69) is 57.3 Å². The number of benzene rings is 1. The zero-order valence-corrected chi connectivity index (χ0v) is 13.5. The van der Waals surface area contributed by atoms with Gasteiger partial charge in [-0.15, -0.1) is 0 Å². The van der Waals surface area contributed by atoms with Crippen LogP contribution in [0.1, 0.15) is 44.2 Å². The summed E-state index contributed by atoms with van der Waals surface area (Å²) in [6.45, 7) is 7.23. The van der Waals surface area contributed by atoms with Crippen molar-refractivity contribution in [2.75, 3.05) is 26.2 Å². The third-order valence-corrected chi connectivity index (χ3v) is 4.39. The maximum absolute atomic E-state index is 3.69.